The molecule has 1 rings (SSSR count). The molecule has 0 aliphatic carbocycles. The van der Waals surface area contributed by atoms with E-state index in [1.54, 1.807) is 7.05 Å². The molecule has 1 heterocycles. The van der Waals surface area contributed by atoms with E-state index in [4.69, 9.17) is 9.84 Å². The van der Waals surface area contributed by atoms with E-state index in [-0.39, 0.29) is 6.61 Å². The molecule has 0 bridgehead atoms. The van der Waals surface area contributed by atoms with Gasteiger partial charge < -0.3 is 30.5 Å². The molecular weight excluding hydrogens is 190 g/mol. The molecule has 0 aromatic rings. The second-order valence-corrected chi connectivity index (χ2v) is 3.43. The van der Waals surface area contributed by atoms with E-state index >= 15 is 0 Å². The third-order valence-electron chi connectivity index (χ3n) is 2.40. The molecule has 1 aliphatic heterocycles. The van der Waals surface area contributed by atoms with Crippen molar-refractivity contribution in [1.29, 1.82) is 0 Å². The van der Waals surface area contributed by atoms with Crippen molar-refractivity contribution in [2.75, 3.05) is 20.2 Å². The number of hydrogen-bond acceptors (Lipinski definition) is 6. The molecule has 1 fully saturated rings. The van der Waals surface area contributed by atoms with Crippen molar-refractivity contribution in [3.63, 3.8) is 0 Å². The minimum absolute atomic E-state index is 0.349. The Morgan fingerprint density at radius 2 is 1.64 bits per heavy atom. The molecule has 0 radical (unpaired) electrons. The van der Waals surface area contributed by atoms with Gasteiger partial charge >= 0.3 is 0 Å². The molecule has 0 saturated carbocycles. The van der Waals surface area contributed by atoms with Gasteiger partial charge in [0.05, 0.1) is 12.7 Å². The second kappa shape index (κ2) is 5.01. The highest BCUT2D eigenvalue weighted by Crippen LogP contribution is 2.20. The van der Waals surface area contributed by atoms with Crippen LogP contribution in [0.3, 0.4) is 0 Å². The fraction of sp³-hybridized carbons (Fsp3) is 1.00. The Morgan fingerprint density at radius 3 is 2.14 bits per heavy atom. The third-order valence-corrected chi connectivity index (χ3v) is 2.40. The normalized spacial score (nSPS) is 43.9. The maximum atomic E-state index is 9.50. The van der Waals surface area contributed by atoms with Crippen molar-refractivity contribution in [2.24, 2.45) is 0 Å². The van der Waals surface area contributed by atoms with Crippen LogP contribution in [0.15, 0.2) is 0 Å². The molecular formula is C8H17NO5. The van der Waals surface area contributed by atoms with E-state index in [1.807, 2.05) is 0 Å². The quantitative estimate of drug-likeness (QED) is 0.339. The maximum absolute atomic E-state index is 9.50. The largest absolute Gasteiger partial charge is 0.394 e. The van der Waals surface area contributed by atoms with Crippen LogP contribution in [-0.2, 0) is 4.74 Å². The van der Waals surface area contributed by atoms with E-state index in [2.05, 4.69) is 5.32 Å². The zero-order chi connectivity index (χ0) is 10.7. The number of nitrogens with one attached hydrogen (secondary N) is 1. The standard InChI is InChI=1S/C8H17NO5/c1-9-2-4-6(11)8(13)7(12)5(3-10)14-4/h4-13H,2-3H2,1H3/t4?,5?,6-,7-,8?/m1/s1. The lowest BCUT2D eigenvalue weighted by atomic mass is 9.95. The fourth-order valence-corrected chi connectivity index (χ4v) is 1.55. The number of rotatable bonds is 3. The minimum atomic E-state index is -1.28. The highest BCUT2D eigenvalue weighted by molar-refractivity contribution is 4.92. The van der Waals surface area contributed by atoms with Crippen molar-refractivity contribution in [2.45, 2.75) is 30.5 Å². The lowest BCUT2D eigenvalue weighted by molar-refractivity contribution is -0.227. The Balaban J connectivity index is 2.63. The molecule has 5 atom stereocenters. The first-order chi connectivity index (χ1) is 6.61. The van der Waals surface area contributed by atoms with Crippen molar-refractivity contribution in [3.05, 3.63) is 0 Å². The molecule has 1 aliphatic rings. The Morgan fingerprint density at radius 1 is 1.07 bits per heavy atom. The van der Waals surface area contributed by atoms with Crippen LogP contribution >= 0.6 is 0 Å². The molecule has 1 saturated heterocycles. The molecule has 14 heavy (non-hydrogen) atoms. The van der Waals surface area contributed by atoms with Gasteiger partial charge in [0, 0.05) is 6.54 Å². The van der Waals surface area contributed by atoms with Crippen molar-refractivity contribution in [3.8, 4) is 0 Å². The van der Waals surface area contributed by atoms with Gasteiger partial charge in [-0.3, -0.25) is 0 Å². The van der Waals surface area contributed by atoms with Gasteiger partial charge in [-0.15, -0.1) is 0 Å². The first kappa shape index (κ1) is 11.8. The summed E-state index contributed by atoms with van der Waals surface area (Å²) in [7, 11) is 1.68. The summed E-state index contributed by atoms with van der Waals surface area (Å²) >= 11 is 0. The first-order valence-corrected chi connectivity index (χ1v) is 4.57. The molecule has 5 N–H and O–H groups in total. The van der Waals surface area contributed by atoms with Crippen molar-refractivity contribution in [1.82, 2.24) is 5.32 Å². The Kier molecular flexibility index (Phi) is 4.24. The predicted molar refractivity (Wildman–Crippen MR) is 47.7 cm³/mol. The van der Waals surface area contributed by atoms with Crippen LogP contribution in [0.5, 0.6) is 0 Å². The highest BCUT2D eigenvalue weighted by Gasteiger charge is 2.42. The summed E-state index contributed by atoms with van der Waals surface area (Å²) in [5.41, 5.74) is 0. The van der Waals surface area contributed by atoms with Gasteiger partial charge in [0.1, 0.15) is 24.4 Å². The van der Waals surface area contributed by atoms with Gasteiger partial charge in [0.15, 0.2) is 0 Å². The van der Waals surface area contributed by atoms with Crippen LogP contribution in [0.25, 0.3) is 0 Å². The average molecular weight is 207 g/mol. The SMILES string of the molecule is CNCC1OC(CO)[C@@H](O)C(O)[C@@H]1O. The molecule has 6 nitrogen and oxygen atoms in total. The van der Waals surface area contributed by atoms with Gasteiger partial charge in [-0.05, 0) is 7.05 Å². The first-order valence-electron chi connectivity index (χ1n) is 4.57. The highest BCUT2D eigenvalue weighted by atomic mass is 16.5. The molecule has 84 valence electrons. The van der Waals surface area contributed by atoms with Gasteiger partial charge in [-0.25, -0.2) is 0 Å². The average Bonchev–Trinajstić information content (AvgIpc) is 2.19. The number of aliphatic hydroxyl groups is 4. The zero-order valence-electron chi connectivity index (χ0n) is 8.00. The Hall–Kier alpha value is -0.240. The van der Waals surface area contributed by atoms with Crippen molar-refractivity contribution < 1.29 is 25.2 Å². The fourth-order valence-electron chi connectivity index (χ4n) is 1.55. The summed E-state index contributed by atoms with van der Waals surface area (Å²) in [6, 6.07) is 0. The number of likely N-dealkylation sites (N-methyl/N-ethyl adjacent to an activating group) is 1. The molecule has 6 heteroatoms. The molecule has 0 amide bonds. The smallest absolute Gasteiger partial charge is 0.111 e. The van der Waals surface area contributed by atoms with Crippen LogP contribution in [-0.4, -0.2) is 71.1 Å². The van der Waals surface area contributed by atoms with Gasteiger partial charge in [0.2, 0.25) is 0 Å². The molecule has 0 aromatic heterocycles. The molecule has 0 aromatic carbocycles. The Bertz CT molecular complexity index is 175. The molecule has 3 unspecified atom stereocenters. The topological polar surface area (TPSA) is 102 Å². The van der Waals surface area contributed by atoms with Gasteiger partial charge in [-0.2, -0.15) is 0 Å². The number of hydrogen-bond donors (Lipinski definition) is 5. The van der Waals surface area contributed by atoms with E-state index in [9.17, 15) is 15.3 Å². The third kappa shape index (κ3) is 2.22. The number of aliphatic hydroxyl groups excluding tert-OH is 4. The summed E-state index contributed by atoms with van der Waals surface area (Å²) in [5, 5.41) is 39.9. The lowest BCUT2D eigenvalue weighted by Crippen LogP contribution is -2.60. The second-order valence-electron chi connectivity index (χ2n) is 3.43. The summed E-state index contributed by atoms with van der Waals surface area (Å²) < 4.78 is 5.20. The zero-order valence-corrected chi connectivity index (χ0v) is 8.00. The van der Waals surface area contributed by atoms with E-state index in [0.717, 1.165) is 0 Å². The van der Waals surface area contributed by atoms with Gasteiger partial charge in [0.25, 0.3) is 0 Å². The molecule has 0 spiro atoms. The monoisotopic (exact) mass is 207 g/mol. The minimum Gasteiger partial charge on any atom is -0.394 e. The van der Waals surface area contributed by atoms with E-state index in [1.165, 1.54) is 0 Å². The lowest BCUT2D eigenvalue weighted by Gasteiger charge is -2.40. The maximum Gasteiger partial charge on any atom is 0.111 e. The van der Waals surface area contributed by atoms with E-state index in [0.29, 0.717) is 6.54 Å². The number of ether oxygens (including phenoxy) is 1. The summed E-state index contributed by atoms with van der Waals surface area (Å²) in [4.78, 5) is 0. The van der Waals surface area contributed by atoms with Crippen LogP contribution in [0.2, 0.25) is 0 Å². The predicted octanol–water partition coefficient (Wildman–Crippen LogP) is -2.95. The summed E-state index contributed by atoms with van der Waals surface area (Å²) in [6.07, 6.45) is -5.12. The Labute approximate surface area is 82.1 Å². The van der Waals surface area contributed by atoms with Crippen LogP contribution in [0, 0.1) is 0 Å². The van der Waals surface area contributed by atoms with Crippen molar-refractivity contribution >= 4 is 0 Å². The summed E-state index contributed by atoms with van der Waals surface area (Å²) in [6.45, 7) is -0.0351. The summed E-state index contributed by atoms with van der Waals surface area (Å²) in [5.74, 6) is 0. The van der Waals surface area contributed by atoms with Crippen LogP contribution in [0.1, 0.15) is 0 Å². The van der Waals surface area contributed by atoms with E-state index < -0.39 is 30.5 Å². The van der Waals surface area contributed by atoms with Crippen LogP contribution in [0.4, 0.5) is 0 Å². The van der Waals surface area contributed by atoms with Crippen LogP contribution < -0.4 is 5.32 Å². The van der Waals surface area contributed by atoms with Gasteiger partial charge in [-0.1, -0.05) is 0 Å².